The molecular weight excluding hydrogens is 420 g/mol. The fourth-order valence-corrected chi connectivity index (χ4v) is 4.23. The van der Waals surface area contributed by atoms with Gasteiger partial charge in [0.15, 0.2) is 0 Å². The SMILES string of the molecule is COc1nc(N[C@H]2CC[C@@H](O)CC2)nn2ccc(-c3ccc4nnn(CC(F)F)c4c3)c12. The highest BCUT2D eigenvalue weighted by Gasteiger charge is 2.22. The summed E-state index contributed by atoms with van der Waals surface area (Å²) in [6, 6.07) is 7.48. The van der Waals surface area contributed by atoms with Crippen LogP contribution in [0.1, 0.15) is 25.7 Å². The molecule has 3 aromatic heterocycles. The van der Waals surface area contributed by atoms with Gasteiger partial charge in [0, 0.05) is 17.8 Å². The monoisotopic (exact) mass is 443 g/mol. The molecule has 5 rings (SSSR count). The molecule has 1 saturated carbocycles. The summed E-state index contributed by atoms with van der Waals surface area (Å²) in [6.45, 7) is -0.518. The smallest absolute Gasteiger partial charge is 0.258 e. The number of nitrogens with zero attached hydrogens (tertiary/aromatic N) is 6. The number of hydrogen-bond acceptors (Lipinski definition) is 7. The molecule has 9 nitrogen and oxygen atoms in total. The molecule has 0 aliphatic heterocycles. The maximum absolute atomic E-state index is 12.9. The molecule has 0 saturated heterocycles. The van der Waals surface area contributed by atoms with Gasteiger partial charge in [-0.2, -0.15) is 4.98 Å². The lowest BCUT2D eigenvalue weighted by Crippen LogP contribution is -2.29. The van der Waals surface area contributed by atoms with Crippen molar-refractivity contribution in [2.45, 2.75) is 50.8 Å². The van der Waals surface area contributed by atoms with E-state index in [1.807, 2.05) is 18.3 Å². The summed E-state index contributed by atoms with van der Waals surface area (Å²) < 4.78 is 34.2. The maximum Gasteiger partial charge on any atom is 0.258 e. The van der Waals surface area contributed by atoms with Crippen molar-refractivity contribution in [2.75, 3.05) is 12.4 Å². The molecule has 1 aliphatic carbocycles. The highest BCUT2D eigenvalue weighted by molar-refractivity contribution is 5.89. The van der Waals surface area contributed by atoms with Crippen molar-refractivity contribution in [1.29, 1.82) is 0 Å². The highest BCUT2D eigenvalue weighted by Crippen LogP contribution is 2.33. The van der Waals surface area contributed by atoms with Crippen molar-refractivity contribution in [3.05, 3.63) is 30.5 Å². The zero-order chi connectivity index (χ0) is 22.2. The topological polar surface area (TPSA) is 102 Å². The Hall–Kier alpha value is -3.34. The second-order valence-corrected chi connectivity index (χ2v) is 7.98. The molecule has 1 aromatic carbocycles. The number of fused-ring (bicyclic) bond motifs is 2. The van der Waals surface area contributed by atoms with Gasteiger partial charge >= 0.3 is 0 Å². The lowest BCUT2D eigenvalue weighted by Gasteiger charge is -2.26. The molecule has 1 aliphatic rings. The third-order valence-corrected chi connectivity index (χ3v) is 5.84. The second kappa shape index (κ2) is 8.30. The van der Waals surface area contributed by atoms with Crippen LogP contribution in [0.25, 0.3) is 27.7 Å². The minimum atomic E-state index is -2.52. The number of benzene rings is 1. The number of nitrogens with one attached hydrogen (secondary N) is 1. The molecule has 0 spiro atoms. The van der Waals surface area contributed by atoms with Gasteiger partial charge in [-0.05, 0) is 49.4 Å². The Morgan fingerprint density at radius 1 is 1.22 bits per heavy atom. The van der Waals surface area contributed by atoms with E-state index in [4.69, 9.17) is 4.74 Å². The van der Waals surface area contributed by atoms with E-state index in [0.29, 0.717) is 28.4 Å². The first kappa shape index (κ1) is 20.6. The van der Waals surface area contributed by atoms with Crippen LogP contribution in [0.2, 0.25) is 0 Å². The van der Waals surface area contributed by atoms with Gasteiger partial charge in [-0.3, -0.25) is 0 Å². The first-order valence-corrected chi connectivity index (χ1v) is 10.5. The van der Waals surface area contributed by atoms with Gasteiger partial charge in [0.2, 0.25) is 11.8 Å². The molecule has 0 unspecified atom stereocenters. The molecule has 0 radical (unpaired) electrons. The third-order valence-electron chi connectivity index (χ3n) is 5.84. The normalized spacial score (nSPS) is 19.2. The van der Waals surface area contributed by atoms with Crippen molar-refractivity contribution < 1.29 is 18.6 Å². The van der Waals surface area contributed by atoms with Crippen LogP contribution in [-0.4, -0.2) is 60.4 Å². The van der Waals surface area contributed by atoms with Crippen LogP contribution in [-0.2, 0) is 6.54 Å². The van der Waals surface area contributed by atoms with E-state index < -0.39 is 13.0 Å². The number of halogens is 2. The van der Waals surface area contributed by atoms with E-state index in [2.05, 4.69) is 25.7 Å². The fraction of sp³-hybridized carbons (Fsp3) is 0.429. The van der Waals surface area contributed by atoms with Crippen LogP contribution < -0.4 is 10.1 Å². The van der Waals surface area contributed by atoms with Gasteiger partial charge in [0.1, 0.15) is 17.6 Å². The van der Waals surface area contributed by atoms with Gasteiger partial charge in [0.25, 0.3) is 6.43 Å². The Balaban J connectivity index is 1.51. The molecule has 11 heteroatoms. The summed E-state index contributed by atoms with van der Waals surface area (Å²) in [5, 5.41) is 25.4. The Morgan fingerprint density at radius 3 is 2.78 bits per heavy atom. The van der Waals surface area contributed by atoms with E-state index in [9.17, 15) is 13.9 Å². The first-order valence-electron chi connectivity index (χ1n) is 10.5. The summed E-state index contributed by atoms with van der Waals surface area (Å²) in [4.78, 5) is 4.54. The molecule has 0 bridgehead atoms. The average molecular weight is 443 g/mol. The summed E-state index contributed by atoms with van der Waals surface area (Å²) >= 11 is 0. The lowest BCUT2D eigenvalue weighted by atomic mass is 9.93. The summed E-state index contributed by atoms with van der Waals surface area (Å²) in [5.41, 5.74) is 3.34. The predicted octanol–water partition coefficient (Wildman–Crippen LogP) is 3.13. The number of aromatic nitrogens is 6. The average Bonchev–Trinajstić information content (AvgIpc) is 3.38. The fourth-order valence-electron chi connectivity index (χ4n) is 4.23. The number of aliphatic hydroxyl groups is 1. The van der Waals surface area contributed by atoms with Gasteiger partial charge in [0.05, 0.1) is 18.7 Å². The van der Waals surface area contributed by atoms with Gasteiger partial charge < -0.3 is 15.2 Å². The quantitative estimate of drug-likeness (QED) is 0.472. The zero-order valence-electron chi connectivity index (χ0n) is 17.4. The molecule has 32 heavy (non-hydrogen) atoms. The Kier molecular flexibility index (Phi) is 5.33. The summed E-state index contributed by atoms with van der Waals surface area (Å²) in [7, 11) is 1.55. The summed E-state index contributed by atoms with van der Waals surface area (Å²) in [6.07, 6.45) is 2.26. The molecular formula is C21H23F2N7O2. The van der Waals surface area contributed by atoms with Crippen LogP contribution in [0.15, 0.2) is 30.5 Å². The third kappa shape index (κ3) is 3.83. The largest absolute Gasteiger partial charge is 0.479 e. The number of anilines is 1. The van der Waals surface area contributed by atoms with Crippen molar-refractivity contribution in [1.82, 2.24) is 29.6 Å². The van der Waals surface area contributed by atoms with Crippen molar-refractivity contribution in [3.63, 3.8) is 0 Å². The number of alkyl halides is 2. The first-order chi connectivity index (χ1) is 15.5. The maximum atomic E-state index is 12.9. The number of hydrogen-bond donors (Lipinski definition) is 2. The van der Waals surface area contributed by atoms with E-state index in [0.717, 1.165) is 36.8 Å². The highest BCUT2D eigenvalue weighted by atomic mass is 19.3. The van der Waals surface area contributed by atoms with Crippen LogP contribution in [0.4, 0.5) is 14.7 Å². The van der Waals surface area contributed by atoms with Crippen molar-refractivity contribution >= 4 is 22.5 Å². The van der Waals surface area contributed by atoms with Gasteiger partial charge in [-0.1, -0.05) is 11.3 Å². The molecule has 4 aromatic rings. The number of aliphatic hydroxyl groups excluding tert-OH is 1. The van der Waals surface area contributed by atoms with Gasteiger partial charge in [-0.25, -0.2) is 18.0 Å². The second-order valence-electron chi connectivity index (χ2n) is 7.98. The van der Waals surface area contributed by atoms with Crippen LogP contribution in [0, 0.1) is 0 Å². The van der Waals surface area contributed by atoms with E-state index in [1.165, 1.54) is 4.68 Å². The predicted molar refractivity (Wildman–Crippen MR) is 114 cm³/mol. The molecule has 168 valence electrons. The standard InChI is InChI=1S/C21H23F2N7O2/c1-32-20-19-15(12-2-7-16-17(10-12)30(28-26-16)11-18(22)23)8-9-29(19)27-21(25-20)24-13-3-5-14(31)6-4-13/h2,7-10,13-14,18,31H,3-6,11H2,1H3,(H,24,27)/t13-,14+. The molecule has 2 N–H and O–H groups in total. The molecule has 0 amide bonds. The van der Waals surface area contributed by atoms with Crippen molar-refractivity contribution in [3.8, 4) is 17.0 Å². The van der Waals surface area contributed by atoms with E-state index >= 15 is 0 Å². The number of rotatable bonds is 6. The van der Waals surface area contributed by atoms with E-state index in [1.54, 1.807) is 23.8 Å². The molecule has 0 atom stereocenters. The lowest BCUT2D eigenvalue weighted by molar-refractivity contribution is 0.122. The number of methoxy groups -OCH3 is 1. The molecule has 1 fully saturated rings. The Labute approximate surface area is 182 Å². The van der Waals surface area contributed by atoms with Crippen LogP contribution in [0.3, 0.4) is 0 Å². The minimum absolute atomic E-state index is 0.195. The minimum Gasteiger partial charge on any atom is -0.479 e. The van der Waals surface area contributed by atoms with E-state index in [-0.39, 0.29) is 12.1 Å². The van der Waals surface area contributed by atoms with Gasteiger partial charge in [-0.15, -0.1) is 10.2 Å². The Morgan fingerprint density at radius 2 is 2.03 bits per heavy atom. The zero-order valence-corrected chi connectivity index (χ0v) is 17.4. The number of ether oxygens (including phenoxy) is 1. The Bertz CT molecular complexity index is 1250. The molecule has 3 heterocycles. The van der Waals surface area contributed by atoms with Crippen molar-refractivity contribution in [2.24, 2.45) is 0 Å². The van der Waals surface area contributed by atoms with Crippen LogP contribution >= 0.6 is 0 Å². The van der Waals surface area contributed by atoms with Crippen LogP contribution in [0.5, 0.6) is 5.88 Å². The summed E-state index contributed by atoms with van der Waals surface area (Å²) in [5.74, 6) is 0.852.